The van der Waals surface area contributed by atoms with Crippen LogP contribution >= 0.6 is 46.4 Å². The van der Waals surface area contributed by atoms with Gasteiger partial charge in [0, 0.05) is 12.8 Å². The molecule has 2 rings (SSSR count). The fourth-order valence-electron chi connectivity index (χ4n) is 3.02. The van der Waals surface area contributed by atoms with Gasteiger partial charge in [-0.25, -0.2) is 9.59 Å². The molecule has 0 fully saturated rings. The molecular formula is C23H24Cl4N4O6. The van der Waals surface area contributed by atoms with Crippen LogP contribution in [0.4, 0.5) is 0 Å². The first-order valence-electron chi connectivity index (χ1n) is 10.7. The lowest BCUT2D eigenvalue weighted by Crippen LogP contribution is -2.15. The monoisotopic (exact) mass is 592 g/mol. The van der Waals surface area contributed by atoms with Crippen LogP contribution in [0.2, 0.25) is 20.1 Å². The molecule has 0 saturated carbocycles. The fraction of sp³-hybridized carbons (Fsp3) is 0.304. The number of nitrogens with zero attached hydrogens (tertiary/aromatic N) is 2. The summed E-state index contributed by atoms with van der Waals surface area (Å²) in [5, 5.41) is 7.86. The molecule has 37 heavy (non-hydrogen) atoms. The summed E-state index contributed by atoms with van der Waals surface area (Å²) in [7, 11) is 2.69. The highest BCUT2D eigenvalue weighted by Gasteiger charge is 2.22. The molecule has 14 heteroatoms. The standard InChI is InChI=1S/C23H24Cl4N4O6/c1-34-20-14(26)10-8-12(24)18(20)22(32)36-30-16(28)6-4-3-5-7-17(29)31-37-23(33)19-13(25)9-11-15(27)21(19)35-2/h8-11H,3-7H2,1-2H3,(H2,28,30)(H2,29,31). The molecule has 0 heterocycles. The third kappa shape index (κ3) is 8.57. The van der Waals surface area contributed by atoms with E-state index in [4.69, 9.17) is 77.0 Å². The SMILES string of the molecule is COc1c(Cl)ccc(Cl)c1C(=O)O/N=C(\N)CCCCC/C(N)=N/OC(=O)c1c(Cl)ccc(Cl)c1OC. The molecule has 200 valence electrons. The molecule has 2 aromatic rings. The minimum Gasteiger partial charge on any atom is -0.494 e. The Bertz CT molecular complexity index is 1110. The van der Waals surface area contributed by atoms with Crippen LogP contribution in [0.3, 0.4) is 0 Å². The summed E-state index contributed by atoms with van der Waals surface area (Å²) in [4.78, 5) is 34.4. The Kier molecular flexibility index (Phi) is 12.1. The van der Waals surface area contributed by atoms with E-state index in [9.17, 15) is 9.59 Å². The Labute approximate surface area is 233 Å². The molecule has 10 nitrogen and oxygen atoms in total. The minimum absolute atomic E-state index is 0.0558. The molecule has 0 atom stereocenters. The van der Waals surface area contributed by atoms with E-state index in [1.165, 1.54) is 38.5 Å². The molecule has 0 aliphatic heterocycles. The second kappa shape index (κ2) is 14.7. The van der Waals surface area contributed by atoms with Gasteiger partial charge in [0.1, 0.15) is 22.8 Å². The fourth-order valence-corrected chi connectivity index (χ4v) is 3.94. The second-order valence-electron chi connectivity index (χ2n) is 7.36. The van der Waals surface area contributed by atoms with Gasteiger partial charge in [-0.15, -0.1) is 0 Å². The molecule has 0 radical (unpaired) electrons. The summed E-state index contributed by atoms with van der Waals surface area (Å²) in [6.45, 7) is 0. The molecule has 2 aromatic carbocycles. The number of ether oxygens (including phenoxy) is 2. The van der Waals surface area contributed by atoms with E-state index >= 15 is 0 Å². The van der Waals surface area contributed by atoms with Gasteiger partial charge < -0.3 is 30.6 Å². The molecule has 0 saturated heterocycles. The van der Waals surface area contributed by atoms with E-state index < -0.39 is 11.9 Å². The van der Waals surface area contributed by atoms with Crippen LogP contribution in [0.15, 0.2) is 34.6 Å². The van der Waals surface area contributed by atoms with Crippen LogP contribution < -0.4 is 20.9 Å². The average molecular weight is 594 g/mol. The zero-order valence-electron chi connectivity index (χ0n) is 19.9. The van der Waals surface area contributed by atoms with E-state index in [1.807, 2.05) is 0 Å². The lowest BCUT2D eigenvalue weighted by atomic mass is 10.1. The molecule has 0 spiro atoms. The van der Waals surface area contributed by atoms with Gasteiger partial charge in [-0.05, 0) is 37.1 Å². The van der Waals surface area contributed by atoms with Gasteiger partial charge in [0.25, 0.3) is 0 Å². The van der Waals surface area contributed by atoms with Crippen LogP contribution in [-0.4, -0.2) is 37.8 Å². The van der Waals surface area contributed by atoms with Crippen molar-refractivity contribution in [1.29, 1.82) is 0 Å². The summed E-state index contributed by atoms with van der Waals surface area (Å²) < 4.78 is 10.2. The Morgan fingerprint density at radius 1 is 0.676 bits per heavy atom. The number of methoxy groups -OCH3 is 2. The zero-order chi connectivity index (χ0) is 27.5. The van der Waals surface area contributed by atoms with Crippen molar-refractivity contribution >= 4 is 70.0 Å². The summed E-state index contributed by atoms with van der Waals surface area (Å²) >= 11 is 24.1. The first kappa shape index (κ1) is 30.3. The maximum absolute atomic E-state index is 12.3. The van der Waals surface area contributed by atoms with E-state index in [0.29, 0.717) is 32.1 Å². The predicted molar refractivity (Wildman–Crippen MR) is 143 cm³/mol. The maximum atomic E-state index is 12.3. The molecule has 4 N–H and O–H groups in total. The van der Waals surface area contributed by atoms with Crippen LogP contribution in [0, 0.1) is 0 Å². The number of carbonyl (C=O) groups excluding carboxylic acids is 2. The Balaban J connectivity index is 1.79. The molecule has 0 aliphatic carbocycles. The first-order valence-corrected chi connectivity index (χ1v) is 12.2. The number of carbonyl (C=O) groups is 2. The minimum atomic E-state index is -0.859. The maximum Gasteiger partial charge on any atom is 0.371 e. The second-order valence-corrected chi connectivity index (χ2v) is 8.99. The molecule has 0 aromatic heterocycles. The average Bonchev–Trinajstić information content (AvgIpc) is 2.87. The van der Waals surface area contributed by atoms with E-state index in [1.54, 1.807) is 0 Å². The third-order valence-corrected chi connectivity index (χ3v) is 6.02. The Morgan fingerprint density at radius 3 is 1.38 bits per heavy atom. The number of rotatable bonds is 12. The topological polar surface area (TPSA) is 148 Å². The summed E-state index contributed by atoms with van der Waals surface area (Å²) in [5.41, 5.74) is 11.5. The normalized spacial score (nSPS) is 11.7. The largest absolute Gasteiger partial charge is 0.494 e. The molecule has 0 bridgehead atoms. The first-order chi connectivity index (χ1) is 17.6. The summed E-state index contributed by atoms with van der Waals surface area (Å²) in [5.74, 6) is -1.35. The van der Waals surface area contributed by atoms with Gasteiger partial charge in [-0.2, -0.15) is 0 Å². The molecular weight excluding hydrogens is 570 g/mol. The third-order valence-electron chi connectivity index (χ3n) is 4.79. The van der Waals surface area contributed by atoms with Crippen molar-refractivity contribution in [3.05, 3.63) is 55.5 Å². The predicted octanol–water partition coefficient (Wildman–Crippen LogP) is 5.83. The van der Waals surface area contributed by atoms with Crippen molar-refractivity contribution in [2.24, 2.45) is 21.8 Å². The highest BCUT2D eigenvalue weighted by atomic mass is 35.5. The van der Waals surface area contributed by atoms with Crippen molar-refractivity contribution in [2.75, 3.05) is 14.2 Å². The van der Waals surface area contributed by atoms with Gasteiger partial charge in [-0.3, -0.25) is 0 Å². The van der Waals surface area contributed by atoms with Gasteiger partial charge >= 0.3 is 11.9 Å². The lowest BCUT2D eigenvalue weighted by Gasteiger charge is -2.10. The highest BCUT2D eigenvalue weighted by molar-refractivity contribution is 6.37. The van der Waals surface area contributed by atoms with Crippen LogP contribution in [-0.2, 0) is 9.68 Å². The summed E-state index contributed by atoms with van der Waals surface area (Å²) in [6.07, 6.45) is 2.64. The molecule has 0 amide bonds. The van der Waals surface area contributed by atoms with Crippen LogP contribution in [0.25, 0.3) is 0 Å². The van der Waals surface area contributed by atoms with E-state index in [-0.39, 0.29) is 54.4 Å². The number of halogens is 4. The van der Waals surface area contributed by atoms with E-state index in [2.05, 4.69) is 10.3 Å². The van der Waals surface area contributed by atoms with Crippen molar-refractivity contribution in [3.63, 3.8) is 0 Å². The van der Waals surface area contributed by atoms with Gasteiger partial charge in [-0.1, -0.05) is 63.1 Å². The zero-order valence-corrected chi connectivity index (χ0v) is 22.9. The Hall–Kier alpha value is -2.92. The van der Waals surface area contributed by atoms with Crippen molar-refractivity contribution in [3.8, 4) is 11.5 Å². The number of nitrogens with two attached hydrogens (primary N) is 2. The molecule has 0 unspecified atom stereocenters. The van der Waals surface area contributed by atoms with Crippen molar-refractivity contribution in [2.45, 2.75) is 32.1 Å². The van der Waals surface area contributed by atoms with Crippen LogP contribution in [0.1, 0.15) is 52.8 Å². The highest BCUT2D eigenvalue weighted by Crippen LogP contribution is 2.35. The number of benzene rings is 2. The number of oxime groups is 2. The summed E-state index contributed by atoms with van der Waals surface area (Å²) in [6, 6.07) is 5.86. The van der Waals surface area contributed by atoms with E-state index in [0.717, 1.165) is 0 Å². The Morgan fingerprint density at radius 2 is 1.03 bits per heavy atom. The molecule has 0 aliphatic rings. The quantitative estimate of drug-likeness (QED) is 0.103. The number of hydrogen-bond donors (Lipinski definition) is 2. The van der Waals surface area contributed by atoms with Gasteiger partial charge in [0.05, 0.1) is 34.3 Å². The lowest BCUT2D eigenvalue weighted by molar-refractivity contribution is 0.0502. The van der Waals surface area contributed by atoms with Crippen molar-refractivity contribution < 1.29 is 28.7 Å². The van der Waals surface area contributed by atoms with Crippen LogP contribution in [0.5, 0.6) is 11.5 Å². The van der Waals surface area contributed by atoms with Crippen molar-refractivity contribution in [1.82, 2.24) is 0 Å². The smallest absolute Gasteiger partial charge is 0.371 e. The number of hydrogen-bond acceptors (Lipinski definition) is 8. The van der Waals surface area contributed by atoms with Gasteiger partial charge in [0.15, 0.2) is 11.5 Å². The van der Waals surface area contributed by atoms with Gasteiger partial charge in [0.2, 0.25) is 0 Å². The number of unbranched alkanes of at least 4 members (excludes halogenated alkanes) is 2. The number of amidine groups is 2.